The Balaban J connectivity index is 2.39. The van der Waals surface area contributed by atoms with Crippen LogP contribution in [-0.4, -0.2) is 18.3 Å². The molecule has 106 valence electrons. The van der Waals surface area contributed by atoms with Crippen molar-refractivity contribution < 1.29 is 13.3 Å². The molecule has 0 fully saturated rings. The topological polar surface area (TPSA) is 102 Å². The molecule has 0 aliphatic heterocycles. The van der Waals surface area contributed by atoms with Gasteiger partial charge in [-0.25, -0.2) is 13.4 Å². The summed E-state index contributed by atoms with van der Waals surface area (Å²) in [5.74, 6) is 0. The zero-order valence-electron chi connectivity index (χ0n) is 10.7. The van der Waals surface area contributed by atoms with Gasteiger partial charge in [-0.1, -0.05) is 6.07 Å². The van der Waals surface area contributed by atoms with E-state index in [4.69, 9.17) is 0 Å². The molecule has 2 aromatic rings. The van der Waals surface area contributed by atoms with Gasteiger partial charge in [-0.3, -0.25) is 14.8 Å². The van der Waals surface area contributed by atoms with Crippen LogP contribution in [-0.2, 0) is 10.0 Å². The summed E-state index contributed by atoms with van der Waals surface area (Å²) < 4.78 is 26.6. The van der Waals surface area contributed by atoms with E-state index in [1.807, 2.05) is 0 Å². The molecule has 1 aromatic carbocycles. The van der Waals surface area contributed by atoms with Gasteiger partial charge in [-0.05, 0) is 19.9 Å². The van der Waals surface area contributed by atoms with Crippen molar-refractivity contribution in [3.05, 3.63) is 45.0 Å². The van der Waals surface area contributed by atoms with Gasteiger partial charge in [0.15, 0.2) is 5.13 Å². The number of hydrogen-bond acceptors (Lipinski definition) is 6. The Morgan fingerprint density at radius 1 is 1.35 bits per heavy atom. The minimum atomic E-state index is -3.88. The van der Waals surface area contributed by atoms with E-state index in [2.05, 4.69) is 9.71 Å². The average molecular weight is 313 g/mol. The fraction of sp³-hybridized carbons (Fsp3) is 0.182. The van der Waals surface area contributed by atoms with Gasteiger partial charge >= 0.3 is 0 Å². The number of aromatic nitrogens is 1. The highest BCUT2D eigenvalue weighted by Crippen LogP contribution is 2.24. The van der Waals surface area contributed by atoms with Gasteiger partial charge in [0.05, 0.1) is 15.5 Å². The Bertz CT molecular complexity index is 768. The number of anilines is 1. The van der Waals surface area contributed by atoms with E-state index >= 15 is 0 Å². The summed E-state index contributed by atoms with van der Waals surface area (Å²) in [6.45, 7) is 3.29. The first-order valence-corrected chi connectivity index (χ1v) is 7.86. The monoisotopic (exact) mass is 313 g/mol. The Hall–Kier alpha value is -2.00. The van der Waals surface area contributed by atoms with Crippen LogP contribution in [0.1, 0.15) is 11.3 Å². The highest BCUT2D eigenvalue weighted by atomic mass is 32.2. The van der Waals surface area contributed by atoms with Crippen molar-refractivity contribution in [2.24, 2.45) is 0 Å². The summed E-state index contributed by atoms with van der Waals surface area (Å²) in [5.41, 5.74) is 0.866. The van der Waals surface area contributed by atoms with Crippen LogP contribution < -0.4 is 4.72 Å². The summed E-state index contributed by atoms with van der Waals surface area (Å²) in [7, 11) is -3.88. The molecule has 0 aliphatic rings. The van der Waals surface area contributed by atoms with Gasteiger partial charge in [0, 0.05) is 17.0 Å². The minimum Gasteiger partial charge on any atom is -0.258 e. The quantitative estimate of drug-likeness (QED) is 0.690. The lowest BCUT2D eigenvalue weighted by atomic mass is 10.2. The number of nitrogens with one attached hydrogen (secondary N) is 1. The molecular formula is C11H11N3O4S2. The number of benzene rings is 1. The van der Waals surface area contributed by atoms with Gasteiger partial charge in [0.25, 0.3) is 15.7 Å². The standard InChI is InChI=1S/C11H11N3O4S2/c1-7-3-4-9(5-10(7)14(15)16)20(17,18)13-11-12-8(2)6-19-11/h3-6H,1-2H3,(H,12,13). The van der Waals surface area contributed by atoms with E-state index in [-0.39, 0.29) is 15.7 Å². The normalized spacial score (nSPS) is 11.3. The van der Waals surface area contributed by atoms with Crippen molar-refractivity contribution in [1.82, 2.24) is 4.98 Å². The molecule has 0 saturated heterocycles. The van der Waals surface area contributed by atoms with E-state index in [9.17, 15) is 18.5 Å². The second-order valence-corrected chi connectivity index (χ2v) is 6.65. The van der Waals surface area contributed by atoms with E-state index < -0.39 is 14.9 Å². The second-order valence-electron chi connectivity index (χ2n) is 4.10. The summed E-state index contributed by atoms with van der Waals surface area (Å²) in [4.78, 5) is 14.1. The smallest absolute Gasteiger partial charge is 0.258 e. The van der Waals surface area contributed by atoms with E-state index in [1.54, 1.807) is 19.2 Å². The van der Waals surface area contributed by atoms with Crippen LogP contribution in [0.15, 0.2) is 28.5 Å². The lowest BCUT2D eigenvalue weighted by Crippen LogP contribution is -2.13. The number of thiazole rings is 1. The SMILES string of the molecule is Cc1csc(NS(=O)(=O)c2ccc(C)c([N+](=O)[O-])c2)n1. The first-order valence-electron chi connectivity index (χ1n) is 5.49. The summed E-state index contributed by atoms with van der Waals surface area (Å²) in [6, 6.07) is 3.77. The Kier molecular flexibility index (Phi) is 3.73. The van der Waals surface area contributed by atoms with E-state index in [0.717, 1.165) is 17.4 Å². The fourth-order valence-electron chi connectivity index (χ4n) is 1.53. The van der Waals surface area contributed by atoms with Crippen molar-refractivity contribution in [2.75, 3.05) is 4.72 Å². The van der Waals surface area contributed by atoms with Crippen LogP contribution in [0.2, 0.25) is 0 Å². The summed E-state index contributed by atoms with van der Waals surface area (Å²) >= 11 is 1.15. The van der Waals surface area contributed by atoms with Gasteiger partial charge in [-0.15, -0.1) is 11.3 Å². The van der Waals surface area contributed by atoms with Crippen molar-refractivity contribution in [3.63, 3.8) is 0 Å². The molecule has 2 rings (SSSR count). The van der Waals surface area contributed by atoms with Crippen molar-refractivity contribution in [2.45, 2.75) is 18.7 Å². The molecule has 0 unspecified atom stereocenters. The maximum atomic E-state index is 12.1. The molecular weight excluding hydrogens is 302 g/mol. The highest BCUT2D eigenvalue weighted by Gasteiger charge is 2.20. The summed E-state index contributed by atoms with van der Waals surface area (Å²) in [5, 5.41) is 12.8. The molecule has 1 aromatic heterocycles. The van der Waals surface area contributed by atoms with Crippen LogP contribution in [0.25, 0.3) is 0 Å². The van der Waals surface area contributed by atoms with Crippen molar-refractivity contribution in [3.8, 4) is 0 Å². The molecule has 0 radical (unpaired) electrons. The van der Waals surface area contributed by atoms with Crippen LogP contribution >= 0.6 is 11.3 Å². The molecule has 0 bridgehead atoms. The highest BCUT2D eigenvalue weighted by molar-refractivity contribution is 7.93. The maximum absolute atomic E-state index is 12.1. The molecule has 9 heteroatoms. The van der Waals surface area contributed by atoms with Gasteiger partial charge in [-0.2, -0.15) is 0 Å². The number of sulfonamides is 1. The van der Waals surface area contributed by atoms with Crippen molar-refractivity contribution >= 4 is 32.2 Å². The van der Waals surface area contributed by atoms with Gasteiger partial charge < -0.3 is 0 Å². The number of hydrogen-bond donors (Lipinski definition) is 1. The molecule has 0 atom stereocenters. The molecule has 1 N–H and O–H groups in total. The number of nitrogens with zero attached hydrogens (tertiary/aromatic N) is 2. The van der Waals surface area contributed by atoms with Crippen LogP contribution in [0, 0.1) is 24.0 Å². The van der Waals surface area contributed by atoms with E-state index in [1.165, 1.54) is 12.1 Å². The lowest BCUT2D eigenvalue weighted by Gasteiger charge is -2.06. The van der Waals surface area contributed by atoms with Crippen LogP contribution in [0.5, 0.6) is 0 Å². The Morgan fingerprint density at radius 3 is 2.60 bits per heavy atom. The van der Waals surface area contributed by atoms with Gasteiger partial charge in [0.1, 0.15) is 0 Å². The second kappa shape index (κ2) is 5.17. The Labute approximate surface area is 119 Å². The van der Waals surface area contributed by atoms with Crippen LogP contribution in [0.4, 0.5) is 10.8 Å². The molecule has 20 heavy (non-hydrogen) atoms. The molecule has 7 nitrogen and oxygen atoms in total. The lowest BCUT2D eigenvalue weighted by molar-refractivity contribution is -0.385. The number of aryl methyl sites for hydroxylation is 2. The number of nitro benzene ring substituents is 1. The third-order valence-electron chi connectivity index (χ3n) is 2.53. The molecule has 0 aliphatic carbocycles. The number of nitro groups is 1. The zero-order valence-corrected chi connectivity index (χ0v) is 12.3. The molecule has 1 heterocycles. The summed E-state index contributed by atoms with van der Waals surface area (Å²) in [6.07, 6.45) is 0. The first-order chi connectivity index (χ1) is 9.29. The molecule has 0 amide bonds. The average Bonchev–Trinajstić information content (AvgIpc) is 2.73. The largest absolute Gasteiger partial charge is 0.273 e. The third-order valence-corrected chi connectivity index (χ3v) is 4.87. The first kappa shape index (κ1) is 14.4. The van der Waals surface area contributed by atoms with Crippen molar-refractivity contribution in [1.29, 1.82) is 0 Å². The Morgan fingerprint density at radius 2 is 2.05 bits per heavy atom. The predicted octanol–water partition coefficient (Wildman–Crippen LogP) is 2.47. The third kappa shape index (κ3) is 2.94. The maximum Gasteiger partial charge on any atom is 0.273 e. The van der Waals surface area contributed by atoms with Crippen LogP contribution in [0.3, 0.4) is 0 Å². The predicted molar refractivity (Wildman–Crippen MR) is 75.5 cm³/mol. The van der Waals surface area contributed by atoms with Gasteiger partial charge in [0.2, 0.25) is 0 Å². The molecule has 0 saturated carbocycles. The fourth-order valence-corrected chi connectivity index (χ4v) is 3.49. The molecule has 0 spiro atoms. The van der Waals surface area contributed by atoms with E-state index in [0.29, 0.717) is 11.3 Å². The number of rotatable bonds is 4. The minimum absolute atomic E-state index is 0.164. The zero-order chi connectivity index (χ0) is 14.9.